The second kappa shape index (κ2) is 4.32. The van der Waals surface area contributed by atoms with Crippen LogP contribution in [0.25, 0.3) is 0 Å². The highest BCUT2D eigenvalue weighted by Gasteiger charge is 2.20. The van der Waals surface area contributed by atoms with Crippen LogP contribution in [0.3, 0.4) is 0 Å². The van der Waals surface area contributed by atoms with Gasteiger partial charge in [0.2, 0.25) is 0 Å². The maximum Gasteiger partial charge on any atom is 0.267 e. The predicted molar refractivity (Wildman–Crippen MR) is 62.0 cm³/mol. The molecular weight excluding hydrogens is 260 g/mol. The van der Waals surface area contributed by atoms with E-state index in [1.807, 2.05) is 4.90 Å². The third-order valence-corrected chi connectivity index (χ3v) is 3.25. The summed E-state index contributed by atoms with van der Waals surface area (Å²) in [4.78, 5) is 20.1. The molecule has 1 aliphatic heterocycles. The summed E-state index contributed by atoms with van der Waals surface area (Å²) in [6, 6.07) is 0.173. The number of H-pyrrole nitrogens is 1. The molecule has 0 saturated carbocycles. The Bertz CT molecular complexity index is 405. The van der Waals surface area contributed by atoms with E-state index < -0.39 is 0 Å². The van der Waals surface area contributed by atoms with Crippen LogP contribution in [0.2, 0.25) is 0 Å². The molecular formula is C9H13BrN4O. The number of rotatable bonds is 1. The molecule has 1 saturated heterocycles. The van der Waals surface area contributed by atoms with Gasteiger partial charge in [-0.25, -0.2) is 4.98 Å². The van der Waals surface area contributed by atoms with Gasteiger partial charge in [-0.2, -0.15) is 0 Å². The van der Waals surface area contributed by atoms with E-state index in [4.69, 9.17) is 5.73 Å². The minimum Gasteiger partial charge on any atom is -0.354 e. The van der Waals surface area contributed by atoms with Crippen molar-refractivity contribution < 1.29 is 0 Å². The molecule has 82 valence electrons. The molecule has 2 rings (SSSR count). The van der Waals surface area contributed by atoms with Crippen LogP contribution in [0, 0.1) is 0 Å². The Balaban J connectivity index is 2.28. The predicted octanol–water partition coefficient (Wildman–Crippen LogP) is 0.460. The third kappa shape index (κ3) is 2.21. The van der Waals surface area contributed by atoms with Crippen molar-refractivity contribution in [2.75, 3.05) is 18.0 Å². The first kappa shape index (κ1) is 10.6. The Labute approximate surface area is 95.8 Å². The van der Waals surface area contributed by atoms with Crippen molar-refractivity contribution in [3.63, 3.8) is 0 Å². The zero-order valence-electron chi connectivity index (χ0n) is 8.24. The summed E-state index contributed by atoms with van der Waals surface area (Å²) in [5.41, 5.74) is 5.73. The van der Waals surface area contributed by atoms with Crippen molar-refractivity contribution in [1.29, 1.82) is 0 Å². The molecule has 1 aromatic rings. The summed E-state index contributed by atoms with van der Waals surface area (Å²) in [6.07, 6.45) is 3.50. The lowest BCUT2D eigenvalue weighted by Gasteiger charge is -2.31. The molecule has 5 nitrogen and oxygen atoms in total. The number of nitrogens with one attached hydrogen (secondary N) is 1. The van der Waals surface area contributed by atoms with Crippen LogP contribution in [0.5, 0.6) is 0 Å². The number of hydrogen-bond donors (Lipinski definition) is 2. The van der Waals surface area contributed by atoms with Crippen molar-refractivity contribution >= 4 is 21.7 Å². The Hall–Kier alpha value is -0.880. The van der Waals surface area contributed by atoms with E-state index >= 15 is 0 Å². The highest BCUT2D eigenvalue weighted by molar-refractivity contribution is 9.10. The van der Waals surface area contributed by atoms with Crippen molar-refractivity contribution in [2.45, 2.75) is 18.9 Å². The molecule has 0 amide bonds. The van der Waals surface area contributed by atoms with Gasteiger partial charge < -0.3 is 15.6 Å². The highest BCUT2D eigenvalue weighted by atomic mass is 79.9. The molecule has 0 aromatic carbocycles. The summed E-state index contributed by atoms with van der Waals surface area (Å²) in [7, 11) is 0. The maximum absolute atomic E-state index is 11.4. The third-order valence-electron chi connectivity index (χ3n) is 2.54. The molecule has 1 fully saturated rings. The molecule has 0 radical (unpaired) electrons. The van der Waals surface area contributed by atoms with E-state index in [1.165, 1.54) is 6.33 Å². The molecule has 0 aliphatic carbocycles. The standard InChI is InChI=1S/C9H13BrN4O/c10-7-8(12-5-13-9(7)15)14-3-1-2-6(11)4-14/h5-6H,1-4,11H2,(H,12,13,15)/t6-/m1/s1. The molecule has 2 heterocycles. The van der Waals surface area contributed by atoms with Gasteiger partial charge in [0.05, 0.1) is 6.33 Å². The van der Waals surface area contributed by atoms with E-state index in [1.54, 1.807) is 0 Å². The lowest BCUT2D eigenvalue weighted by Crippen LogP contribution is -2.43. The van der Waals surface area contributed by atoms with E-state index in [0.717, 1.165) is 25.9 Å². The van der Waals surface area contributed by atoms with Crippen LogP contribution >= 0.6 is 15.9 Å². The van der Waals surface area contributed by atoms with Gasteiger partial charge >= 0.3 is 0 Å². The number of nitrogens with zero attached hydrogens (tertiary/aromatic N) is 2. The maximum atomic E-state index is 11.4. The summed E-state index contributed by atoms with van der Waals surface area (Å²) in [5, 5.41) is 0. The SMILES string of the molecule is N[C@@H]1CCCN(c2nc[nH]c(=O)c2Br)C1. The van der Waals surface area contributed by atoms with Crippen LogP contribution in [0.15, 0.2) is 15.6 Å². The van der Waals surface area contributed by atoms with Gasteiger partial charge in [-0.1, -0.05) is 0 Å². The Kier molecular flexibility index (Phi) is 3.06. The monoisotopic (exact) mass is 272 g/mol. The molecule has 1 atom stereocenters. The average molecular weight is 273 g/mol. The normalized spacial score (nSPS) is 21.7. The van der Waals surface area contributed by atoms with Crippen LogP contribution in [0.4, 0.5) is 5.82 Å². The van der Waals surface area contributed by atoms with Gasteiger partial charge in [-0.05, 0) is 28.8 Å². The largest absolute Gasteiger partial charge is 0.354 e. The van der Waals surface area contributed by atoms with Crippen LogP contribution < -0.4 is 16.2 Å². The van der Waals surface area contributed by atoms with Crippen LogP contribution in [-0.4, -0.2) is 29.1 Å². The van der Waals surface area contributed by atoms with E-state index in [0.29, 0.717) is 10.3 Å². The average Bonchev–Trinajstić information content (AvgIpc) is 2.22. The topological polar surface area (TPSA) is 75.0 Å². The van der Waals surface area contributed by atoms with Gasteiger partial charge in [0.1, 0.15) is 10.3 Å². The van der Waals surface area contributed by atoms with E-state index in [-0.39, 0.29) is 11.6 Å². The molecule has 6 heteroatoms. The Morgan fingerprint density at radius 1 is 1.67 bits per heavy atom. The minimum absolute atomic E-state index is 0.154. The fraction of sp³-hybridized carbons (Fsp3) is 0.556. The second-order valence-corrected chi connectivity index (χ2v) is 4.51. The fourth-order valence-electron chi connectivity index (χ4n) is 1.80. The molecule has 3 N–H and O–H groups in total. The lowest BCUT2D eigenvalue weighted by atomic mass is 10.1. The summed E-state index contributed by atoms with van der Waals surface area (Å²) >= 11 is 3.25. The first-order valence-corrected chi connectivity index (χ1v) is 5.71. The number of halogens is 1. The number of hydrogen-bond acceptors (Lipinski definition) is 4. The van der Waals surface area contributed by atoms with Crippen LogP contribution in [-0.2, 0) is 0 Å². The molecule has 1 aliphatic rings. The Morgan fingerprint density at radius 2 is 2.47 bits per heavy atom. The molecule has 1 aromatic heterocycles. The molecule has 15 heavy (non-hydrogen) atoms. The van der Waals surface area contributed by atoms with Gasteiger partial charge in [0, 0.05) is 19.1 Å². The smallest absolute Gasteiger partial charge is 0.267 e. The number of anilines is 1. The van der Waals surface area contributed by atoms with Gasteiger partial charge in [-0.15, -0.1) is 0 Å². The Morgan fingerprint density at radius 3 is 3.20 bits per heavy atom. The first-order chi connectivity index (χ1) is 7.18. The zero-order chi connectivity index (χ0) is 10.8. The number of nitrogens with two attached hydrogens (primary N) is 1. The fourth-order valence-corrected chi connectivity index (χ4v) is 2.26. The van der Waals surface area contributed by atoms with Gasteiger partial charge in [0.25, 0.3) is 5.56 Å². The zero-order valence-corrected chi connectivity index (χ0v) is 9.83. The first-order valence-electron chi connectivity index (χ1n) is 4.92. The summed E-state index contributed by atoms with van der Waals surface area (Å²) < 4.78 is 0.485. The van der Waals surface area contributed by atoms with Crippen LogP contribution in [0.1, 0.15) is 12.8 Å². The quantitative estimate of drug-likeness (QED) is 0.779. The van der Waals surface area contributed by atoms with E-state index in [9.17, 15) is 4.79 Å². The summed E-state index contributed by atoms with van der Waals surface area (Å²) in [5.74, 6) is 0.689. The lowest BCUT2D eigenvalue weighted by molar-refractivity contribution is 0.502. The van der Waals surface area contributed by atoms with Gasteiger partial charge in [0.15, 0.2) is 0 Å². The van der Waals surface area contributed by atoms with Crippen molar-refractivity contribution in [1.82, 2.24) is 9.97 Å². The van der Waals surface area contributed by atoms with Crippen molar-refractivity contribution in [3.8, 4) is 0 Å². The molecule has 0 unspecified atom stereocenters. The second-order valence-electron chi connectivity index (χ2n) is 3.72. The van der Waals surface area contributed by atoms with Crippen molar-refractivity contribution in [3.05, 3.63) is 21.2 Å². The number of piperidine rings is 1. The van der Waals surface area contributed by atoms with Crippen molar-refractivity contribution in [2.24, 2.45) is 5.73 Å². The number of aromatic amines is 1. The van der Waals surface area contributed by atoms with E-state index in [2.05, 4.69) is 25.9 Å². The molecule has 0 spiro atoms. The molecule has 0 bridgehead atoms. The summed E-state index contributed by atoms with van der Waals surface area (Å²) in [6.45, 7) is 1.66. The van der Waals surface area contributed by atoms with Gasteiger partial charge in [-0.3, -0.25) is 4.79 Å². The number of aromatic nitrogens is 2. The minimum atomic E-state index is -0.154. The highest BCUT2D eigenvalue weighted by Crippen LogP contribution is 2.22.